The molecule has 3 heterocycles. The molecule has 3 unspecified atom stereocenters. The van der Waals surface area contributed by atoms with Crippen LogP contribution in [0.25, 0.3) is 0 Å². The lowest BCUT2D eigenvalue weighted by molar-refractivity contribution is -0.360. The highest BCUT2D eigenvalue weighted by molar-refractivity contribution is 5.85. The van der Waals surface area contributed by atoms with E-state index in [4.69, 9.17) is 23.7 Å². The normalized spacial score (nSPS) is 55.3. The first-order chi connectivity index (χ1) is 22.7. The molecule has 2 saturated heterocycles. The molecule has 18 atom stereocenters. The Bertz CT molecular complexity index is 1240. The maximum absolute atomic E-state index is 12.5. The summed E-state index contributed by atoms with van der Waals surface area (Å²) in [5.74, 6) is 0.825. The van der Waals surface area contributed by atoms with Gasteiger partial charge >= 0.3 is 5.97 Å². The van der Waals surface area contributed by atoms with Gasteiger partial charge in [0.1, 0.15) is 49.3 Å². The molecule has 0 aromatic rings. The van der Waals surface area contributed by atoms with E-state index >= 15 is 0 Å². The molecule has 13 nitrogen and oxygen atoms in total. The molecule has 0 amide bonds. The van der Waals surface area contributed by atoms with Crippen LogP contribution < -0.4 is 0 Å². The average molecular weight is 683 g/mol. The summed E-state index contributed by atoms with van der Waals surface area (Å²) in [5, 5.41) is 74.7. The van der Waals surface area contributed by atoms with Gasteiger partial charge in [-0.3, -0.25) is 0 Å². The van der Waals surface area contributed by atoms with Crippen molar-refractivity contribution in [2.75, 3.05) is 13.2 Å². The first kappa shape index (κ1) is 35.2. The number of aliphatic hydroxyl groups excluding tert-OH is 6. The van der Waals surface area contributed by atoms with Crippen LogP contribution in [0.2, 0.25) is 0 Å². The van der Waals surface area contributed by atoms with Gasteiger partial charge in [0.15, 0.2) is 12.6 Å². The highest BCUT2D eigenvalue weighted by Gasteiger charge is 2.68. The maximum Gasteiger partial charge on any atom is 0.331 e. The van der Waals surface area contributed by atoms with Crippen molar-refractivity contribution in [3.05, 3.63) is 11.6 Å². The zero-order valence-corrected chi connectivity index (χ0v) is 28.1. The van der Waals surface area contributed by atoms with Crippen molar-refractivity contribution in [2.45, 2.75) is 152 Å². The van der Waals surface area contributed by atoms with E-state index in [9.17, 15) is 40.5 Å². The average Bonchev–Trinajstić information content (AvgIpc) is 3.61. The van der Waals surface area contributed by atoms with Gasteiger partial charge in [0.2, 0.25) is 0 Å². The lowest BCUT2D eigenvalue weighted by atomic mass is 9.43. The van der Waals surface area contributed by atoms with E-state index in [1.54, 1.807) is 13.0 Å². The lowest BCUT2D eigenvalue weighted by Crippen LogP contribution is -2.64. The maximum atomic E-state index is 12.5. The number of fused-ring (bicyclic) bond motifs is 5. The first-order valence-electron chi connectivity index (χ1n) is 17.9. The van der Waals surface area contributed by atoms with Gasteiger partial charge in [-0.2, -0.15) is 0 Å². The number of carbonyl (C=O) groups is 1. The van der Waals surface area contributed by atoms with E-state index < -0.39 is 73.6 Å². The molecule has 0 aromatic carbocycles. The Labute approximate surface area is 281 Å². The molecule has 13 heteroatoms. The van der Waals surface area contributed by atoms with Gasteiger partial charge in [-0.05, 0) is 99.4 Å². The van der Waals surface area contributed by atoms with Crippen LogP contribution in [0.1, 0.15) is 78.6 Å². The summed E-state index contributed by atoms with van der Waals surface area (Å²) in [6, 6.07) is 0. The van der Waals surface area contributed by atoms with Crippen molar-refractivity contribution in [1.82, 2.24) is 0 Å². The molecule has 7 rings (SSSR count). The molecule has 0 radical (unpaired) electrons. The van der Waals surface area contributed by atoms with Crippen LogP contribution in [-0.4, -0.2) is 128 Å². The monoisotopic (exact) mass is 682 g/mol. The van der Waals surface area contributed by atoms with Crippen LogP contribution in [-0.2, 0) is 28.5 Å². The summed E-state index contributed by atoms with van der Waals surface area (Å²) in [6.07, 6.45) is -4.12. The van der Waals surface area contributed by atoms with Crippen molar-refractivity contribution < 1.29 is 64.2 Å². The summed E-state index contributed by atoms with van der Waals surface area (Å²) >= 11 is 0. The van der Waals surface area contributed by atoms with Gasteiger partial charge in [-0.1, -0.05) is 13.8 Å². The minimum Gasteiger partial charge on any atom is -0.458 e. The molecular weight excluding hydrogens is 628 g/mol. The fraction of sp³-hybridized carbons (Fsp3) is 0.914. The Hall–Kier alpha value is -1.23. The van der Waals surface area contributed by atoms with Crippen LogP contribution in [0.5, 0.6) is 0 Å². The summed E-state index contributed by atoms with van der Waals surface area (Å²) in [4.78, 5) is 11.9. The molecule has 6 fully saturated rings. The van der Waals surface area contributed by atoms with Gasteiger partial charge in [0, 0.05) is 11.5 Å². The van der Waals surface area contributed by atoms with Crippen LogP contribution in [0.3, 0.4) is 0 Å². The van der Waals surface area contributed by atoms with Crippen molar-refractivity contribution in [1.29, 1.82) is 0 Å². The number of hydrogen-bond donors (Lipinski definition) is 7. The predicted molar refractivity (Wildman–Crippen MR) is 166 cm³/mol. The summed E-state index contributed by atoms with van der Waals surface area (Å²) < 4.78 is 28.8. The second kappa shape index (κ2) is 12.8. The fourth-order valence-electron chi connectivity index (χ4n) is 11.3. The Kier molecular flexibility index (Phi) is 9.36. The van der Waals surface area contributed by atoms with Gasteiger partial charge in [0.05, 0.1) is 24.4 Å². The molecular formula is C35H54O13. The summed E-state index contributed by atoms with van der Waals surface area (Å²) in [6.45, 7) is 5.97. The summed E-state index contributed by atoms with van der Waals surface area (Å²) in [5.41, 5.74) is 0.00280. The lowest BCUT2D eigenvalue weighted by Gasteiger charge is -2.64. The Balaban J connectivity index is 0.977. The number of hydrogen-bond acceptors (Lipinski definition) is 13. The molecule has 0 spiro atoms. The molecule has 272 valence electrons. The van der Waals surface area contributed by atoms with E-state index in [0.29, 0.717) is 18.4 Å². The van der Waals surface area contributed by atoms with Crippen molar-refractivity contribution in [3.8, 4) is 0 Å². The van der Waals surface area contributed by atoms with Crippen LogP contribution >= 0.6 is 0 Å². The van der Waals surface area contributed by atoms with Crippen molar-refractivity contribution in [3.63, 3.8) is 0 Å². The third-order valence-electron chi connectivity index (χ3n) is 14.2. The van der Waals surface area contributed by atoms with Gasteiger partial charge in [-0.15, -0.1) is 0 Å². The van der Waals surface area contributed by atoms with Crippen LogP contribution in [0, 0.1) is 34.5 Å². The number of esters is 1. The zero-order chi connectivity index (χ0) is 34.3. The topological polar surface area (TPSA) is 205 Å². The number of rotatable bonds is 6. The fourth-order valence-corrected chi connectivity index (χ4v) is 11.3. The SMILES string of the molecule is C[C@H]1O[C@@H](O[C@H]2CC[C@]3(C)C4CC[C@]5(C)[C@@H](C6=CC(=O)OC6)CC[C@]5(O)[C@@H]4CC[C@H]3C2)[C@H](O)[C@@H](O)C1OC1O[C@H](CO)[C@@H](O)[C@H](O)[C@H]1O. The van der Waals surface area contributed by atoms with E-state index in [1.165, 1.54) is 0 Å². The van der Waals surface area contributed by atoms with Gasteiger partial charge < -0.3 is 59.4 Å². The highest BCUT2D eigenvalue weighted by Crippen LogP contribution is 2.70. The second-order valence-corrected chi connectivity index (χ2v) is 16.3. The largest absolute Gasteiger partial charge is 0.458 e. The zero-order valence-electron chi connectivity index (χ0n) is 28.1. The number of cyclic esters (lactones) is 1. The molecule has 7 N–H and O–H groups in total. The standard InChI is InChI=1S/C35H54O13/c1-16-30(48-32-28(41)26(39)25(38)23(14-36)47-32)27(40)29(42)31(45-16)46-19-6-9-33(2)18(13-19)4-5-22-21(33)7-10-34(3)20(8-11-35(22,34)43)17-12-24(37)44-15-17/h12,16,18-23,25-32,36,38-43H,4-11,13-15H2,1-3H3/t16-,18+,19+,20-,21?,22-,23-,25-,26+,27-,28-,29-,30?,31+,32?,33+,34-,35+/m1/s1. The Morgan fingerprint density at radius 3 is 2.27 bits per heavy atom. The van der Waals surface area contributed by atoms with Gasteiger partial charge in [0.25, 0.3) is 0 Å². The molecule has 3 aliphatic heterocycles. The smallest absolute Gasteiger partial charge is 0.331 e. The molecule has 48 heavy (non-hydrogen) atoms. The second-order valence-electron chi connectivity index (χ2n) is 16.3. The van der Waals surface area contributed by atoms with Crippen LogP contribution in [0.4, 0.5) is 0 Å². The molecule has 0 aromatic heterocycles. The number of carbonyl (C=O) groups excluding carboxylic acids is 1. The van der Waals surface area contributed by atoms with E-state index in [-0.39, 0.29) is 34.7 Å². The molecule has 4 saturated carbocycles. The van der Waals surface area contributed by atoms with Crippen LogP contribution in [0.15, 0.2) is 11.6 Å². The molecule has 0 bridgehead atoms. The quantitative estimate of drug-likeness (QED) is 0.149. The summed E-state index contributed by atoms with van der Waals surface area (Å²) in [7, 11) is 0. The Morgan fingerprint density at radius 2 is 1.56 bits per heavy atom. The number of ether oxygens (including phenoxy) is 5. The van der Waals surface area contributed by atoms with E-state index in [2.05, 4.69) is 13.8 Å². The predicted octanol–water partition coefficient (Wildman–Crippen LogP) is 0.280. The van der Waals surface area contributed by atoms with Crippen molar-refractivity contribution >= 4 is 5.97 Å². The molecule has 7 aliphatic rings. The Morgan fingerprint density at radius 1 is 0.833 bits per heavy atom. The number of aliphatic hydroxyl groups is 7. The minimum absolute atomic E-state index is 0.0345. The van der Waals surface area contributed by atoms with E-state index in [1.807, 2.05) is 0 Å². The molecule has 4 aliphatic carbocycles. The van der Waals surface area contributed by atoms with E-state index in [0.717, 1.165) is 63.4 Å². The third-order valence-corrected chi connectivity index (χ3v) is 14.2. The van der Waals surface area contributed by atoms with Gasteiger partial charge in [-0.25, -0.2) is 4.79 Å². The van der Waals surface area contributed by atoms with Crippen molar-refractivity contribution in [2.24, 2.45) is 34.5 Å². The first-order valence-corrected chi connectivity index (χ1v) is 17.9. The minimum atomic E-state index is -1.65. The third kappa shape index (κ3) is 5.42. The highest BCUT2D eigenvalue weighted by atomic mass is 16.7.